The van der Waals surface area contributed by atoms with Gasteiger partial charge in [0, 0.05) is 0 Å². The molecule has 6 nitrogen and oxygen atoms in total. The number of methoxy groups -OCH3 is 1. The molecule has 0 saturated carbocycles. The third-order valence-electron chi connectivity index (χ3n) is 2.35. The molecule has 1 unspecified atom stereocenters. The number of carboxylic acid groups (broad SMARTS) is 1. The predicted octanol–water partition coefficient (Wildman–Crippen LogP) is 2.30. The molecule has 1 aromatic heterocycles. The summed E-state index contributed by atoms with van der Waals surface area (Å²) in [7, 11) is 1.49. The summed E-state index contributed by atoms with van der Waals surface area (Å²) in [5.74, 6) is -0.292. The standard InChI is InChI=1S/C11H16BrN3O3/c1-3-4-5-8(10(16)17)14-11-13-6-7(12)9(15-11)18-2/h6,8H,3-5H2,1-2H3,(H,16,17)(H,13,14,15). The molecule has 0 aliphatic heterocycles. The first kappa shape index (κ1) is 14.7. The van der Waals surface area contributed by atoms with Gasteiger partial charge in [-0.3, -0.25) is 0 Å². The summed E-state index contributed by atoms with van der Waals surface area (Å²) in [6.07, 6.45) is 3.83. The number of aliphatic carboxylic acids is 1. The highest BCUT2D eigenvalue weighted by molar-refractivity contribution is 9.10. The van der Waals surface area contributed by atoms with Crippen molar-refractivity contribution in [3.8, 4) is 5.88 Å². The summed E-state index contributed by atoms with van der Waals surface area (Å²) in [6.45, 7) is 2.01. The highest BCUT2D eigenvalue weighted by atomic mass is 79.9. The number of anilines is 1. The lowest BCUT2D eigenvalue weighted by Gasteiger charge is -2.14. The van der Waals surface area contributed by atoms with E-state index in [2.05, 4.69) is 31.2 Å². The van der Waals surface area contributed by atoms with E-state index >= 15 is 0 Å². The molecule has 7 heteroatoms. The van der Waals surface area contributed by atoms with Gasteiger partial charge in [0.05, 0.1) is 17.8 Å². The van der Waals surface area contributed by atoms with Crippen molar-refractivity contribution in [2.75, 3.05) is 12.4 Å². The molecule has 0 spiro atoms. The zero-order valence-electron chi connectivity index (χ0n) is 10.3. The molecule has 0 bridgehead atoms. The number of halogens is 1. The van der Waals surface area contributed by atoms with E-state index < -0.39 is 12.0 Å². The number of hydrogen-bond acceptors (Lipinski definition) is 5. The fraction of sp³-hybridized carbons (Fsp3) is 0.545. The normalized spacial score (nSPS) is 11.9. The Morgan fingerprint density at radius 3 is 2.94 bits per heavy atom. The second-order valence-electron chi connectivity index (χ2n) is 3.73. The Labute approximate surface area is 114 Å². The van der Waals surface area contributed by atoms with Gasteiger partial charge in [0.25, 0.3) is 0 Å². The number of ether oxygens (including phenoxy) is 1. The van der Waals surface area contributed by atoms with E-state index in [9.17, 15) is 4.79 Å². The van der Waals surface area contributed by atoms with E-state index in [1.807, 2.05) is 6.92 Å². The van der Waals surface area contributed by atoms with Crippen LogP contribution in [0.25, 0.3) is 0 Å². The lowest BCUT2D eigenvalue weighted by molar-refractivity contribution is -0.138. The molecule has 0 fully saturated rings. The Balaban J connectivity index is 2.77. The fourth-order valence-electron chi connectivity index (χ4n) is 1.39. The molecule has 100 valence electrons. The van der Waals surface area contributed by atoms with E-state index in [1.54, 1.807) is 0 Å². The molecule has 1 rings (SSSR count). The van der Waals surface area contributed by atoms with Crippen LogP contribution in [-0.4, -0.2) is 34.2 Å². The van der Waals surface area contributed by atoms with Crippen molar-refractivity contribution in [2.45, 2.75) is 32.2 Å². The predicted molar refractivity (Wildman–Crippen MR) is 70.9 cm³/mol. The van der Waals surface area contributed by atoms with E-state index in [0.717, 1.165) is 12.8 Å². The number of carbonyl (C=O) groups is 1. The molecule has 0 radical (unpaired) electrons. The minimum atomic E-state index is -0.908. The Kier molecular flexibility index (Phi) is 5.84. The average molecular weight is 318 g/mol. The van der Waals surface area contributed by atoms with Crippen LogP contribution in [0.3, 0.4) is 0 Å². The SMILES string of the molecule is CCCCC(Nc1ncc(Br)c(OC)n1)C(=O)O. The Bertz CT molecular complexity index is 415. The Morgan fingerprint density at radius 1 is 1.67 bits per heavy atom. The third kappa shape index (κ3) is 4.14. The Morgan fingerprint density at radius 2 is 2.39 bits per heavy atom. The van der Waals surface area contributed by atoms with Crippen LogP contribution >= 0.6 is 15.9 Å². The number of aromatic nitrogens is 2. The molecule has 0 aliphatic rings. The van der Waals surface area contributed by atoms with E-state index in [0.29, 0.717) is 16.8 Å². The summed E-state index contributed by atoms with van der Waals surface area (Å²) in [4.78, 5) is 19.1. The van der Waals surface area contributed by atoms with E-state index in [4.69, 9.17) is 9.84 Å². The van der Waals surface area contributed by atoms with E-state index in [-0.39, 0.29) is 5.95 Å². The smallest absolute Gasteiger partial charge is 0.326 e. The number of hydrogen-bond donors (Lipinski definition) is 2. The highest BCUT2D eigenvalue weighted by Gasteiger charge is 2.18. The molecule has 0 saturated heterocycles. The maximum atomic E-state index is 11.1. The van der Waals surface area contributed by atoms with Crippen LogP contribution in [0.5, 0.6) is 5.88 Å². The first-order chi connectivity index (χ1) is 8.58. The lowest BCUT2D eigenvalue weighted by Crippen LogP contribution is -2.30. The van der Waals surface area contributed by atoms with Crippen molar-refractivity contribution in [3.05, 3.63) is 10.7 Å². The van der Waals surface area contributed by atoms with Gasteiger partial charge < -0.3 is 15.2 Å². The molecule has 0 aliphatic carbocycles. The maximum absolute atomic E-state index is 11.1. The first-order valence-corrected chi connectivity index (χ1v) is 6.43. The molecular weight excluding hydrogens is 302 g/mol. The topological polar surface area (TPSA) is 84.3 Å². The maximum Gasteiger partial charge on any atom is 0.326 e. The second-order valence-corrected chi connectivity index (χ2v) is 4.58. The summed E-state index contributed by atoms with van der Waals surface area (Å²) in [5.41, 5.74) is 0. The van der Waals surface area contributed by atoms with Gasteiger partial charge in [0.1, 0.15) is 6.04 Å². The van der Waals surface area contributed by atoms with Crippen LogP contribution in [0.15, 0.2) is 10.7 Å². The summed E-state index contributed by atoms with van der Waals surface area (Å²) < 4.78 is 5.64. The average Bonchev–Trinajstić information content (AvgIpc) is 2.36. The van der Waals surface area contributed by atoms with Crippen molar-refractivity contribution in [1.82, 2.24) is 9.97 Å². The van der Waals surface area contributed by atoms with Crippen molar-refractivity contribution in [1.29, 1.82) is 0 Å². The van der Waals surface area contributed by atoms with Gasteiger partial charge >= 0.3 is 5.97 Å². The minimum absolute atomic E-state index is 0.249. The number of carboxylic acids is 1. The summed E-state index contributed by atoms with van der Waals surface area (Å²) >= 11 is 3.23. The molecule has 1 heterocycles. The summed E-state index contributed by atoms with van der Waals surface area (Å²) in [6, 6.07) is -0.684. The van der Waals surface area contributed by atoms with Crippen LogP contribution in [0.2, 0.25) is 0 Å². The fourth-order valence-corrected chi connectivity index (χ4v) is 1.74. The van der Waals surface area contributed by atoms with Gasteiger partial charge in [-0.2, -0.15) is 4.98 Å². The monoisotopic (exact) mass is 317 g/mol. The van der Waals surface area contributed by atoms with Gasteiger partial charge in [-0.25, -0.2) is 9.78 Å². The lowest BCUT2D eigenvalue weighted by atomic mass is 10.1. The quantitative estimate of drug-likeness (QED) is 0.802. The third-order valence-corrected chi connectivity index (χ3v) is 2.90. The summed E-state index contributed by atoms with van der Waals surface area (Å²) in [5, 5.41) is 11.9. The number of unbranched alkanes of at least 4 members (excludes halogenated alkanes) is 1. The van der Waals surface area contributed by atoms with Crippen molar-refractivity contribution in [3.63, 3.8) is 0 Å². The minimum Gasteiger partial charge on any atom is -0.480 e. The zero-order valence-corrected chi connectivity index (χ0v) is 11.9. The first-order valence-electron chi connectivity index (χ1n) is 5.64. The molecule has 0 aromatic carbocycles. The van der Waals surface area contributed by atoms with Gasteiger partial charge in [0.15, 0.2) is 0 Å². The van der Waals surface area contributed by atoms with Crippen LogP contribution in [0.4, 0.5) is 5.95 Å². The van der Waals surface area contributed by atoms with Gasteiger partial charge in [-0.05, 0) is 22.4 Å². The molecule has 1 atom stereocenters. The highest BCUT2D eigenvalue weighted by Crippen LogP contribution is 2.22. The van der Waals surface area contributed by atoms with Crippen LogP contribution < -0.4 is 10.1 Å². The number of rotatable bonds is 7. The van der Waals surface area contributed by atoms with Gasteiger partial charge in [-0.1, -0.05) is 19.8 Å². The van der Waals surface area contributed by atoms with Gasteiger partial charge in [-0.15, -0.1) is 0 Å². The molecular formula is C11H16BrN3O3. The van der Waals surface area contributed by atoms with E-state index in [1.165, 1.54) is 13.3 Å². The Hall–Kier alpha value is -1.37. The van der Waals surface area contributed by atoms with Crippen molar-refractivity contribution in [2.24, 2.45) is 0 Å². The van der Waals surface area contributed by atoms with Crippen LogP contribution in [0, 0.1) is 0 Å². The largest absolute Gasteiger partial charge is 0.480 e. The number of nitrogens with one attached hydrogen (secondary N) is 1. The molecule has 2 N–H and O–H groups in total. The van der Waals surface area contributed by atoms with Crippen molar-refractivity contribution >= 4 is 27.8 Å². The number of nitrogens with zero attached hydrogens (tertiary/aromatic N) is 2. The molecule has 1 aromatic rings. The van der Waals surface area contributed by atoms with Crippen molar-refractivity contribution < 1.29 is 14.6 Å². The molecule has 0 amide bonds. The van der Waals surface area contributed by atoms with Crippen LogP contribution in [-0.2, 0) is 4.79 Å². The molecule has 18 heavy (non-hydrogen) atoms. The van der Waals surface area contributed by atoms with Gasteiger partial charge in [0.2, 0.25) is 11.8 Å². The second kappa shape index (κ2) is 7.15. The van der Waals surface area contributed by atoms with Crippen LogP contribution in [0.1, 0.15) is 26.2 Å². The zero-order chi connectivity index (χ0) is 13.5.